The van der Waals surface area contributed by atoms with Crippen LogP contribution < -0.4 is 5.73 Å². The van der Waals surface area contributed by atoms with E-state index in [1.165, 1.54) is 0 Å². The van der Waals surface area contributed by atoms with Crippen molar-refractivity contribution in [3.63, 3.8) is 0 Å². The maximum atomic E-state index is 11.9. The second-order valence-electron chi connectivity index (χ2n) is 4.57. The number of hydrogen-bond acceptors (Lipinski definition) is 4. The van der Waals surface area contributed by atoms with Crippen LogP contribution in [0.1, 0.15) is 23.2 Å². The zero-order valence-corrected chi connectivity index (χ0v) is 10.1. The van der Waals surface area contributed by atoms with E-state index < -0.39 is 11.9 Å². The molecule has 1 aromatic rings. The summed E-state index contributed by atoms with van der Waals surface area (Å²) >= 11 is 0. The van der Waals surface area contributed by atoms with Gasteiger partial charge in [-0.2, -0.15) is 0 Å². The number of likely N-dealkylation sites (tertiary alicyclic amines) is 1. The van der Waals surface area contributed by atoms with E-state index in [1.54, 1.807) is 24.0 Å². The van der Waals surface area contributed by atoms with Crippen molar-refractivity contribution in [2.75, 3.05) is 13.1 Å². The molecule has 1 unspecified atom stereocenters. The number of nitrogens with two attached hydrogens (primary N) is 1. The second-order valence-corrected chi connectivity index (χ2v) is 4.57. The first-order valence-corrected chi connectivity index (χ1v) is 5.83. The van der Waals surface area contributed by atoms with Crippen LogP contribution in [0.2, 0.25) is 0 Å². The molecule has 1 aromatic heterocycles. The third kappa shape index (κ3) is 2.24. The van der Waals surface area contributed by atoms with E-state index in [0.717, 1.165) is 0 Å². The number of carbonyl (C=O) groups excluding carboxylic acids is 1. The fourth-order valence-electron chi connectivity index (χ4n) is 1.95. The highest BCUT2D eigenvalue weighted by atomic mass is 16.4. The quantitative estimate of drug-likeness (QED) is 0.814. The number of aliphatic carboxylic acids is 1. The normalized spacial score (nSPS) is 17.3. The molecule has 0 bridgehead atoms. The van der Waals surface area contributed by atoms with Gasteiger partial charge in [-0.3, -0.25) is 9.59 Å². The summed E-state index contributed by atoms with van der Waals surface area (Å²) in [6, 6.07) is 3.27. The molecule has 1 saturated heterocycles. The molecule has 1 fully saturated rings. The SMILES string of the molecule is CC(C(=O)O)C1CN(C(=O)c2ccc(CN)o2)C1. The maximum Gasteiger partial charge on any atom is 0.306 e. The minimum Gasteiger partial charge on any atom is -0.481 e. The van der Waals surface area contributed by atoms with Crippen LogP contribution in [0, 0.1) is 11.8 Å². The Morgan fingerprint density at radius 3 is 2.72 bits per heavy atom. The van der Waals surface area contributed by atoms with Gasteiger partial charge in [0.25, 0.3) is 5.91 Å². The number of furan rings is 1. The lowest BCUT2D eigenvalue weighted by atomic mass is 9.87. The van der Waals surface area contributed by atoms with E-state index in [-0.39, 0.29) is 24.1 Å². The summed E-state index contributed by atoms with van der Waals surface area (Å²) in [6.45, 7) is 2.84. The third-order valence-electron chi connectivity index (χ3n) is 3.37. The van der Waals surface area contributed by atoms with Crippen LogP contribution in [0.3, 0.4) is 0 Å². The van der Waals surface area contributed by atoms with E-state index in [9.17, 15) is 9.59 Å². The lowest BCUT2D eigenvalue weighted by Gasteiger charge is -2.40. The van der Waals surface area contributed by atoms with Crippen LogP contribution in [0.15, 0.2) is 16.5 Å². The Balaban J connectivity index is 1.92. The Hall–Kier alpha value is -1.82. The van der Waals surface area contributed by atoms with Crippen molar-refractivity contribution in [2.45, 2.75) is 13.5 Å². The molecule has 1 atom stereocenters. The molecular weight excluding hydrogens is 236 g/mol. The Kier molecular flexibility index (Phi) is 3.38. The Morgan fingerprint density at radius 1 is 1.56 bits per heavy atom. The molecule has 6 heteroatoms. The number of nitrogens with zero attached hydrogens (tertiary/aromatic N) is 1. The topological polar surface area (TPSA) is 96.8 Å². The molecule has 2 heterocycles. The van der Waals surface area contributed by atoms with Crippen LogP contribution in [0.5, 0.6) is 0 Å². The minimum absolute atomic E-state index is 0.0235. The molecule has 0 spiro atoms. The molecule has 1 aliphatic rings. The first kappa shape index (κ1) is 12.6. The largest absolute Gasteiger partial charge is 0.481 e. The van der Waals surface area contributed by atoms with E-state index in [0.29, 0.717) is 18.8 Å². The lowest BCUT2D eigenvalue weighted by molar-refractivity contribution is -0.144. The molecule has 3 N–H and O–H groups in total. The molecular formula is C12H16N2O4. The Labute approximate surface area is 104 Å². The van der Waals surface area contributed by atoms with Crippen molar-refractivity contribution in [2.24, 2.45) is 17.6 Å². The van der Waals surface area contributed by atoms with Gasteiger partial charge in [-0.25, -0.2) is 0 Å². The maximum absolute atomic E-state index is 11.9. The summed E-state index contributed by atoms with van der Waals surface area (Å²) in [6.07, 6.45) is 0. The van der Waals surface area contributed by atoms with Crippen LogP contribution in [-0.2, 0) is 11.3 Å². The minimum atomic E-state index is -0.824. The van der Waals surface area contributed by atoms with Gasteiger partial charge in [-0.15, -0.1) is 0 Å². The van der Waals surface area contributed by atoms with Gasteiger partial charge in [0, 0.05) is 19.0 Å². The monoisotopic (exact) mass is 252 g/mol. The Bertz CT molecular complexity index is 462. The van der Waals surface area contributed by atoms with Gasteiger partial charge in [-0.1, -0.05) is 6.92 Å². The van der Waals surface area contributed by atoms with Gasteiger partial charge in [0.1, 0.15) is 5.76 Å². The van der Waals surface area contributed by atoms with Crippen molar-refractivity contribution in [3.8, 4) is 0 Å². The smallest absolute Gasteiger partial charge is 0.306 e. The fourth-order valence-corrected chi connectivity index (χ4v) is 1.95. The van der Waals surface area contributed by atoms with Crippen molar-refractivity contribution in [3.05, 3.63) is 23.7 Å². The molecule has 0 saturated carbocycles. The molecule has 18 heavy (non-hydrogen) atoms. The highest BCUT2D eigenvalue weighted by molar-refractivity contribution is 5.92. The second kappa shape index (κ2) is 4.81. The average Bonchev–Trinajstić information content (AvgIpc) is 2.74. The van der Waals surface area contributed by atoms with E-state index in [1.807, 2.05) is 0 Å². The molecule has 0 aromatic carbocycles. The lowest BCUT2D eigenvalue weighted by Crippen LogP contribution is -2.53. The fraction of sp³-hybridized carbons (Fsp3) is 0.500. The number of rotatable bonds is 4. The van der Waals surface area contributed by atoms with Crippen molar-refractivity contribution in [1.82, 2.24) is 4.90 Å². The summed E-state index contributed by atoms with van der Waals surface area (Å²) in [7, 11) is 0. The van der Waals surface area contributed by atoms with Crippen molar-refractivity contribution >= 4 is 11.9 Å². The number of carboxylic acids is 1. The molecule has 1 amide bonds. The molecule has 6 nitrogen and oxygen atoms in total. The Morgan fingerprint density at radius 2 is 2.22 bits per heavy atom. The predicted octanol–water partition coefficient (Wildman–Crippen LogP) is 0.531. The van der Waals surface area contributed by atoms with Crippen LogP contribution >= 0.6 is 0 Å². The molecule has 1 aliphatic heterocycles. The van der Waals surface area contributed by atoms with Gasteiger partial charge < -0.3 is 20.2 Å². The van der Waals surface area contributed by atoms with Crippen LogP contribution in [0.4, 0.5) is 0 Å². The predicted molar refractivity (Wildman–Crippen MR) is 62.8 cm³/mol. The number of carboxylic acid groups (broad SMARTS) is 1. The van der Waals surface area contributed by atoms with Crippen LogP contribution in [-0.4, -0.2) is 35.0 Å². The summed E-state index contributed by atoms with van der Waals surface area (Å²) in [5.74, 6) is -0.606. The molecule has 2 rings (SSSR count). The number of carbonyl (C=O) groups is 2. The van der Waals surface area contributed by atoms with Crippen LogP contribution in [0.25, 0.3) is 0 Å². The first-order chi connectivity index (χ1) is 8.52. The summed E-state index contributed by atoms with van der Waals surface area (Å²) in [4.78, 5) is 24.3. The standard InChI is InChI=1S/C12H16N2O4/c1-7(12(16)17)8-5-14(6-8)11(15)10-3-2-9(4-13)18-10/h2-3,7-8H,4-6,13H2,1H3,(H,16,17). The third-order valence-corrected chi connectivity index (χ3v) is 3.37. The van der Waals surface area contributed by atoms with Gasteiger partial charge in [-0.05, 0) is 12.1 Å². The van der Waals surface area contributed by atoms with Gasteiger partial charge >= 0.3 is 5.97 Å². The van der Waals surface area contributed by atoms with Crippen molar-refractivity contribution in [1.29, 1.82) is 0 Å². The summed E-state index contributed by atoms with van der Waals surface area (Å²) in [5.41, 5.74) is 5.40. The van der Waals surface area contributed by atoms with E-state index >= 15 is 0 Å². The van der Waals surface area contributed by atoms with Crippen molar-refractivity contribution < 1.29 is 19.1 Å². The number of hydrogen-bond donors (Lipinski definition) is 2. The zero-order valence-electron chi connectivity index (χ0n) is 10.1. The summed E-state index contributed by atoms with van der Waals surface area (Å²) in [5, 5.41) is 8.86. The first-order valence-electron chi connectivity index (χ1n) is 5.83. The average molecular weight is 252 g/mol. The van der Waals surface area contributed by atoms with Gasteiger partial charge in [0.05, 0.1) is 12.5 Å². The van der Waals surface area contributed by atoms with E-state index in [4.69, 9.17) is 15.3 Å². The molecule has 0 aliphatic carbocycles. The van der Waals surface area contributed by atoms with Gasteiger partial charge in [0.2, 0.25) is 0 Å². The summed E-state index contributed by atoms with van der Waals surface area (Å²) < 4.78 is 5.26. The molecule has 98 valence electrons. The zero-order chi connectivity index (χ0) is 13.3. The number of amides is 1. The molecule has 0 radical (unpaired) electrons. The highest BCUT2D eigenvalue weighted by Gasteiger charge is 2.38. The van der Waals surface area contributed by atoms with Gasteiger partial charge in [0.15, 0.2) is 5.76 Å². The highest BCUT2D eigenvalue weighted by Crippen LogP contribution is 2.26. The van der Waals surface area contributed by atoms with E-state index in [2.05, 4.69) is 0 Å².